The van der Waals surface area contributed by atoms with Crippen LogP contribution in [0.4, 0.5) is 37.7 Å². The average Bonchev–Trinajstić information content (AvgIpc) is 2.61. The van der Waals surface area contributed by atoms with Gasteiger partial charge in [-0.05, 0) is 23.3 Å². The number of rotatable bonds is 3. The number of carbonyl (C=O) groups is 1. The minimum absolute atomic E-state index is 0.225. The number of alkyl halides is 6. The third kappa shape index (κ3) is 3.00. The summed E-state index contributed by atoms with van der Waals surface area (Å²) in [6, 6.07) is 12.4. The van der Waals surface area contributed by atoms with E-state index in [9.17, 15) is 31.1 Å². The van der Waals surface area contributed by atoms with Gasteiger partial charge in [-0.2, -0.15) is 17.6 Å². The molecule has 0 aromatic heterocycles. The van der Waals surface area contributed by atoms with Gasteiger partial charge in [-0.25, -0.2) is 8.78 Å². The van der Waals surface area contributed by atoms with Gasteiger partial charge in [-0.1, -0.05) is 36.4 Å². The van der Waals surface area contributed by atoms with Gasteiger partial charge in [0.25, 0.3) is 0 Å². The normalized spacial score (nSPS) is 16.5. The van der Waals surface area contributed by atoms with Crippen molar-refractivity contribution in [1.82, 2.24) is 0 Å². The van der Waals surface area contributed by atoms with Gasteiger partial charge < -0.3 is 9.64 Å². The summed E-state index contributed by atoms with van der Waals surface area (Å²) in [6.45, 7) is 0. The Kier molecular flexibility index (Phi) is 4.57. The van der Waals surface area contributed by atoms with E-state index in [-0.39, 0.29) is 11.1 Å². The molecule has 0 spiro atoms. The van der Waals surface area contributed by atoms with E-state index in [1.54, 1.807) is 36.2 Å². The van der Waals surface area contributed by atoms with Gasteiger partial charge in [-0.15, -0.1) is 0 Å². The first-order chi connectivity index (χ1) is 12.6. The van der Waals surface area contributed by atoms with Crippen molar-refractivity contribution >= 4 is 17.3 Å². The monoisotopic (exact) mass is 389 g/mol. The molecule has 0 saturated heterocycles. The van der Waals surface area contributed by atoms with Gasteiger partial charge in [0.1, 0.15) is 5.92 Å². The molecule has 0 amide bonds. The lowest BCUT2D eigenvalue weighted by Crippen LogP contribution is -2.51. The summed E-state index contributed by atoms with van der Waals surface area (Å²) < 4.78 is 81.6. The maximum absolute atomic E-state index is 13.9. The molecule has 1 heterocycles. The molecule has 0 radical (unpaired) electrons. The van der Waals surface area contributed by atoms with Gasteiger partial charge in [0, 0.05) is 18.4 Å². The molecule has 27 heavy (non-hydrogen) atoms. The summed E-state index contributed by atoms with van der Waals surface area (Å²) in [4.78, 5) is 14.2. The van der Waals surface area contributed by atoms with E-state index in [2.05, 4.69) is 4.74 Å². The van der Waals surface area contributed by atoms with E-state index < -0.39 is 30.3 Å². The largest absolute Gasteiger partial charge is 0.466 e. The molecule has 0 saturated carbocycles. The second kappa shape index (κ2) is 6.47. The highest BCUT2D eigenvalue weighted by Gasteiger charge is 2.67. The molecule has 2 aromatic carbocycles. The quantitative estimate of drug-likeness (QED) is 0.550. The van der Waals surface area contributed by atoms with Gasteiger partial charge >= 0.3 is 24.4 Å². The number of hydrogen-bond acceptors (Lipinski definition) is 3. The fraction of sp³-hybridized carbons (Fsp3) is 0.278. The minimum atomic E-state index is -6.08. The zero-order valence-electron chi connectivity index (χ0n) is 13.8. The summed E-state index contributed by atoms with van der Waals surface area (Å²) in [5, 5.41) is 0. The molecule has 0 fully saturated rings. The van der Waals surface area contributed by atoms with E-state index in [0.29, 0.717) is 11.4 Å². The Morgan fingerprint density at radius 2 is 1.41 bits per heavy atom. The van der Waals surface area contributed by atoms with Crippen molar-refractivity contribution in [2.24, 2.45) is 0 Å². The zero-order chi connectivity index (χ0) is 20.0. The predicted molar refractivity (Wildman–Crippen MR) is 84.8 cm³/mol. The van der Waals surface area contributed by atoms with E-state index >= 15 is 0 Å². The first kappa shape index (κ1) is 19.1. The van der Waals surface area contributed by atoms with Crippen LogP contribution in [-0.2, 0) is 9.53 Å². The van der Waals surface area contributed by atoms with Gasteiger partial charge in [-0.3, -0.25) is 4.79 Å². The average molecular weight is 389 g/mol. The third-order valence-corrected chi connectivity index (χ3v) is 4.37. The van der Waals surface area contributed by atoms with E-state index in [4.69, 9.17) is 0 Å². The summed E-state index contributed by atoms with van der Waals surface area (Å²) in [5.41, 5.74) is 1.38. The number of hydrogen-bond donors (Lipinski definition) is 0. The molecule has 0 bridgehead atoms. The molecule has 1 unspecified atom stereocenters. The Hall–Kier alpha value is -2.71. The minimum Gasteiger partial charge on any atom is -0.414 e. The second-order valence-corrected chi connectivity index (χ2v) is 5.97. The summed E-state index contributed by atoms with van der Waals surface area (Å²) in [6.07, 6.45) is -10.7. The van der Waals surface area contributed by atoms with Crippen molar-refractivity contribution in [3.8, 4) is 0 Å². The summed E-state index contributed by atoms with van der Waals surface area (Å²) in [5.74, 6) is -8.62. The fourth-order valence-corrected chi connectivity index (χ4v) is 3.06. The van der Waals surface area contributed by atoms with Crippen LogP contribution in [0.3, 0.4) is 0 Å². The van der Waals surface area contributed by atoms with Crippen molar-refractivity contribution in [3.05, 3.63) is 59.7 Å². The lowest BCUT2D eigenvalue weighted by Gasteiger charge is -2.35. The Morgan fingerprint density at radius 1 is 0.963 bits per heavy atom. The van der Waals surface area contributed by atoms with Crippen molar-refractivity contribution in [3.63, 3.8) is 0 Å². The van der Waals surface area contributed by atoms with Crippen LogP contribution in [0.15, 0.2) is 48.5 Å². The van der Waals surface area contributed by atoms with Crippen LogP contribution in [0, 0.1) is 0 Å². The molecular weight excluding hydrogens is 376 g/mol. The first-order valence-electron chi connectivity index (χ1n) is 7.76. The van der Waals surface area contributed by atoms with Gasteiger partial charge in [0.05, 0.1) is 0 Å². The van der Waals surface area contributed by atoms with Crippen molar-refractivity contribution in [1.29, 1.82) is 0 Å². The Bertz CT molecular complexity index is 821. The van der Waals surface area contributed by atoms with Crippen molar-refractivity contribution in [2.75, 3.05) is 11.9 Å². The zero-order valence-corrected chi connectivity index (χ0v) is 13.8. The molecule has 9 heteroatoms. The number of halogens is 6. The number of para-hydroxylation sites is 2. The van der Waals surface area contributed by atoms with Gasteiger partial charge in [0.2, 0.25) is 0 Å². The Labute approximate surface area is 150 Å². The van der Waals surface area contributed by atoms with Crippen molar-refractivity contribution < 1.29 is 35.9 Å². The van der Waals surface area contributed by atoms with Crippen LogP contribution in [0.5, 0.6) is 0 Å². The van der Waals surface area contributed by atoms with Crippen LogP contribution in [0.1, 0.15) is 17.0 Å². The number of ether oxygens (including phenoxy) is 1. The maximum Gasteiger partial charge on any atom is 0.466 e. The van der Waals surface area contributed by atoms with Crippen LogP contribution in [0.2, 0.25) is 0 Å². The van der Waals surface area contributed by atoms with Crippen LogP contribution < -0.4 is 4.90 Å². The van der Waals surface area contributed by atoms with Crippen LogP contribution in [-0.4, -0.2) is 31.5 Å². The molecule has 3 nitrogen and oxygen atoms in total. The number of nitrogens with zero attached hydrogens (tertiary/aromatic N) is 1. The Balaban J connectivity index is 2.09. The topological polar surface area (TPSA) is 29.5 Å². The van der Waals surface area contributed by atoms with Crippen molar-refractivity contribution in [2.45, 2.75) is 24.4 Å². The van der Waals surface area contributed by atoms with E-state index in [0.717, 1.165) is 0 Å². The molecule has 0 N–H and O–H groups in total. The standard InChI is InChI=1S/C18H13F6NO2/c1-25-12-8-4-2-6-10(12)14(11-7-3-5-9-13(11)25)15(26)27-17(21,16(19)20)18(22,23)24/h2-9,14,16H,1H3. The van der Waals surface area contributed by atoms with Gasteiger partial charge in [0.15, 0.2) is 0 Å². The fourth-order valence-electron chi connectivity index (χ4n) is 3.06. The maximum atomic E-state index is 13.9. The molecule has 3 rings (SSSR count). The number of anilines is 2. The van der Waals surface area contributed by atoms with E-state index in [1.165, 1.54) is 24.3 Å². The smallest absolute Gasteiger partial charge is 0.414 e. The molecule has 1 aliphatic rings. The lowest BCUT2D eigenvalue weighted by molar-refractivity contribution is -0.356. The molecular formula is C18H13F6NO2. The Morgan fingerprint density at radius 3 is 1.81 bits per heavy atom. The first-order valence-corrected chi connectivity index (χ1v) is 7.76. The number of fused-ring (bicyclic) bond motifs is 2. The number of carbonyl (C=O) groups excluding carboxylic acids is 1. The molecule has 1 atom stereocenters. The van der Waals surface area contributed by atoms with Crippen LogP contribution in [0.25, 0.3) is 0 Å². The van der Waals surface area contributed by atoms with Crippen LogP contribution >= 0.6 is 0 Å². The third-order valence-electron chi connectivity index (χ3n) is 4.37. The second-order valence-electron chi connectivity index (χ2n) is 5.97. The summed E-state index contributed by atoms with van der Waals surface area (Å²) >= 11 is 0. The highest BCUT2D eigenvalue weighted by atomic mass is 19.4. The summed E-state index contributed by atoms with van der Waals surface area (Å²) in [7, 11) is 1.67. The SMILES string of the molecule is CN1c2ccccc2C(C(=O)OC(F)(C(F)F)C(F)(F)F)c2ccccc21. The highest BCUT2D eigenvalue weighted by molar-refractivity contribution is 5.91. The highest BCUT2D eigenvalue weighted by Crippen LogP contribution is 2.47. The predicted octanol–water partition coefficient (Wildman–Crippen LogP) is 4.94. The molecule has 144 valence electrons. The molecule has 2 aromatic rings. The molecule has 1 aliphatic heterocycles. The molecule has 0 aliphatic carbocycles. The van der Waals surface area contributed by atoms with E-state index in [1.807, 2.05) is 0 Å². The lowest BCUT2D eigenvalue weighted by atomic mass is 9.85. The number of esters is 1. The number of benzene rings is 2.